The summed E-state index contributed by atoms with van der Waals surface area (Å²) < 4.78 is 23.3. The maximum Gasteiger partial charge on any atom is 0.155 e. The van der Waals surface area contributed by atoms with Crippen LogP contribution in [0, 0.1) is 6.92 Å². The van der Waals surface area contributed by atoms with Crippen LogP contribution in [0.1, 0.15) is 22.5 Å². The summed E-state index contributed by atoms with van der Waals surface area (Å²) in [5, 5.41) is 4.09. The Morgan fingerprint density at radius 2 is 2.19 bits per heavy atom. The minimum absolute atomic E-state index is 0.390. The molecule has 3 rings (SSSR count). The van der Waals surface area contributed by atoms with Crippen LogP contribution in [0.3, 0.4) is 0 Å². The van der Waals surface area contributed by atoms with E-state index < -0.39 is 10.8 Å². The first-order chi connectivity index (χ1) is 9.99. The lowest BCUT2D eigenvalue weighted by Gasteiger charge is -2.38. The lowest BCUT2D eigenvalue weighted by atomic mass is 10.3. The zero-order valence-corrected chi connectivity index (χ0v) is 12.3. The van der Waals surface area contributed by atoms with Gasteiger partial charge in [-0.25, -0.2) is 9.67 Å². The van der Waals surface area contributed by atoms with Crippen LogP contribution in [-0.2, 0) is 0 Å². The molecule has 0 atom stereocenters. The Bertz CT molecular complexity index is 686. The summed E-state index contributed by atoms with van der Waals surface area (Å²) in [7, 11) is -2.74. The zero-order valence-electron chi connectivity index (χ0n) is 11.5. The van der Waals surface area contributed by atoms with Gasteiger partial charge in [-0.1, -0.05) is 0 Å². The number of aldehydes is 1. The van der Waals surface area contributed by atoms with E-state index >= 15 is 0 Å². The molecule has 1 aliphatic heterocycles. The van der Waals surface area contributed by atoms with Crippen molar-refractivity contribution in [2.75, 3.05) is 16.6 Å². The summed E-state index contributed by atoms with van der Waals surface area (Å²) in [6.45, 7) is 2.43. The Morgan fingerprint density at radius 1 is 1.38 bits per heavy atom. The number of anilines is 1. The van der Waals surface area contributed by atoms with Crippen molar-refractivity contribution >= 4 is 22.7 Å². The minimum atomic E-state index is -2.74. The van der Waals surface area contributed by atoms with Gasteiger partial charge in [-0.05, 0) is 19.4 Å². The van der Waals surface area contributed by atoms with E-state index in [4.69, 9.17) is 0 Å². The number of aryl methyl sites for hydroxylation is 1. The normalized spacial score (nSPS) is 18.7. The van der Waals surface area contributed by atoms with Crippen molar-refractivity contribution in [2.45, 2.75) is 13.3 Å². The lowest BCUT2D eigenvalue weighted by molar-refractivity contribution is 0.112. The summed E-state index contributed by atoms with van der Waals surface area (Å²) in [6, 6.07) is 3.56. The van der Waals surface area contributed by atoms with Crippen LogP contribution >= 0.6 is 10.8 Å². The first-order valence-electron chi connectivity index (χ1n) is 6.52. The molecule has 1 aliphatic rings. The monoisotopic (exact) mass is 308 g/mol. The van der Waals surface area contributed by atoms with Crippen LogP contribution in [0.15, 0.2) is 24.5 Å². The summed E-state index contributed by atoms with van der Waals surface area (Å²) >= 11 is 0. The van der Waals surface area contributed by atoms with E-state index in [9.17, 15) is 13.9 Å². The van der Waals surface area contributed by atoms with E-state index in [0.717, 1.165) is 18.4 Å². The minimum Gasteiger partial charge on any atom is -0.298 e. The maximum absolute atomic E-state index is 10.7. The van der Waals surface area contributed by atoms with Gasteiger partial charge in [0.1, 0.15) is 0 Å². The fourth-order valence-electron chi connectivity index (χ4n) is 2.37. The number of hydrogen-bond donors (Lipinski definition) is 2. The second-order valence-corrected chi connectivity index (χ2v) is 7.07. The van der Waals surface area contributed by atoms with Crippen LogP contribution in [-0.4, -0.2) is 42.5 Å². The molecule has 3 heterocycles. The largest absolute Gasteiger partial charge is 0.298 e. The molecule has 2 aromatic rings. The molecular weight excluding hydrogens is 292 g/mol. The van der Waals surface area contributed by atoms with Gasteiger partial charge in [-0.2, -0.15) is 5.10 Å². The van der Waals surface area contributed by atoms with Gasteiger partial charge >= 0.3 is 0 Å². The predicted octanol–water partition coefficient (Wildman–Crippen LogP) is 2.26. The van der Waals surface area contributed by atoms with Crippen molar-refractivity contribution in [3.8, 4) is 5.82 Å². The van der Waals surface area contributed by atoms with E-state index in [0.29, 0.717) is 29.4 Å². The Balaban J connectivity index is 2.02. The van der Waals surface area contributed by atoms with Crippen molar-refractivity contribution < 1.29 is 13.9 Å². The van der Waals surface area contributed by atoms with Gasteiger partial charge in [0.15, 0.2) is 12.1 Å². The molecule has 0 aromatic carbocycles. The number of nitrogens with zero attached hydrogens (tertiary/aromatic N) is 4. The average Bonchev–Trinajstić information content (AvgIpc) is 3.03. The molecule has 8 heteroatoms. The topological polar surface area (TPSA) is 91.5 Å². The van der Waals surface area contributed by atoms with Crippen molar-refractivity contribution in [3.63, 3.8) is 0 Å². The molecule has 0 amide bonds. The van der Waals surface area contributed by atoms with E-state index in [1.165, 1.54) is 10.9 Å². The molecule has 21 heavy (non-hydrogen) atoms. The van der Waals surface area contributed by atoms with E-state index in [2.05, 4.69) is 10.1 Å². The second-order valence-electron chi connectivity index (χ2n) is 4.95. The lowest BCUT2D eigenvalue weighted by Crippen LogP contribution is -2.22. The average molecular weight is 308 g/mol. The molecule has 0 unspecified atom stereocenters. The van der Waals surface area contributed by atoms with E-state index in [1.54, 1.807) is 16.6 Å². The van der Waals surface area contributed by atoms with E-state index in [1.807, 2.05) is 13.0 Å². The van der Waals surface area contributed by atoms with Gasteiger partial charge in [0.2, 0.25) is 0 Å². The van der Waals surface area contributed by atoms with Crippen LogP contribution in [0.5, 0.6) is 0 Å². The van der Waals surface area contributed by atoms with Crippen LogP contribution < -0.4 is 4.31 Å². The smallest absolute Gasteiger partial charge is 0.155 e. The summed E-state index contributed by atoms with van der Waals surface area (Å²) in [4.78, 5) is 15.1. The summed E-state index contributed by atoms with van der Waals surface area (Å²) in [5.74, 6) is 0.931. The fraction of sp³-hybridized carbons (Fsp3) is 0.308. The molecular formula is C13H16N4O3S. The van der Waals surface area contributed by atoms with Gasteiger partial charge in [0.25, 0.3) is 0 Å². The number of carbonyl (C=O) groups is 1. The Hall–Kier alpha value is -1.90. The Morgan fingerprint density at radius 3 is 2.81 bits per heavy atom. The van der Waals surface area contributed by atoms with Crippen LogP contribution in [0.25, 0.3) is 5.82 Å². The van der Waals surface area contributed by atoms with Crippen molar-refractivity contribution in [3.05, 3.63) is 35.8 Å². The molecule has 0 saturated carbocycles. The molecule has 7 nitrogen and oxygen atoms in total. The standard InChI is InChI=1S/C13H16N4O3S/c1-10-5-12(17-3-2-4-21(17,19)20)6-13(15-10)16-8-11(9-18)7-14-16/h5-9,19-20H,2-4H2,1H3. The first-order valence-corrected chi connectivity index (χ1v) is 8.19. The highest BCUT2D eigenvalue weighted by molar-refractivity contribution is 8.25. The predicted molar refractivity (Wildman–Crippen MR) is 81.2 cm³/mol. The van der Waals surface area contributed by atoms with Crippen molar-refractivity contribution in [2.24, 2.45) is 0 Å². The highest BCUT2D eigenvalue weighted by atomic mass is 32.3. The maximum atomic E-state index is 10.7. The molecule has 2 aromatic heterocycles. The highest BCUT2D eigenvalue weighted by Gasteiger charge is 2.29. The molecule has 1 saturated heterocycles. The molecule has 0 aliphatic carbocycles. The van der Waals surface area contributed by atoms with Crippen LogP contribution in [0.4, 0.5) is 5.69 Å². The molecule has 2 N–H and O–H groups in total. The van der Waals surface area contributed by atoms with Gasteiger partial charge in [-0.15, -0.1) is 10.8 Å². The number of hydrogen-bond acceptors (Lipinski definition) is 6. The number of aromatic nitrogens is 3. The quantitative estimate of drug-likeness (QED) is 0.845. The summed E-state index contributed by atoms with van der Waals surface area (Å²) in [5.41, 5.74) is 1.91. The number of rotatable bonds is 3. The Kier molecular flexibility index (Phi) is 3.44. The third kappa shape index (κ3) is 2.65. The number of pyridine rings is 1. The fourth-order valence-corrected chi connectivity index (χ4v) is 3.97. The van der Waals surface area contributed by atoms with Gasteiger partial charge in [-0.3, -0.25) is 18.2 Å². The number of carbonyl (C=O) groups excluding carboxylic acids is 1. The van der Waals surface area contributed by atoms with Crippen molar-refractivity contribution in [1.82, 2.24) is 14.8 Å². The van der Waals surface area contributed by atoms with Crippen molar-refractivity contribution in [1.29, 1.82) is 0 Å². The first kappa shape index (κ1) is 14.1. The summed E-state index contributed by atoms with van der Waals surface area (Å²) in [6.07, 6.45) is 4.51. The SMILES string of the molecule is Cc1cc(N2CCCS2(O)O)cc(-n2cc(C=O)cn2)n1. The molecule has 0 radical (unpaired) electrons. The van der Waals surface area contributed by atoms with E-state index in [-0.39, 0.29) is 0 Å². The molecule has 112 valence electrons. The molecule has 0 bridgehead atoms. The van der Waals surface area contributed by atoms with Gasteiger partial charge < -0.3 is 0 Å². The van der Waals surface area contributed by atoms with Gasteiger partial charge in [0.05, 0.1) is 23.2 Å². The molecule has 0 spiro atoms. The second kappa shape index (κ2) is 5.14. The Labute approximate surface area is 123 Å². The third-order valence-electron chi connectivity index (χ3n) is 3.32. The zero-order chi connectivity index (χ0) is 15.0. The molecule has 1 fully saturated rings. The third-order valence-corrected chi connectivity index (χ3v) is 5.25. The van der Waals surface area contributed by atoms with Crippen LogP contribution in [0.2, 0.25) is 0 Å². The highest BCUT2D eigenvalue weighted by Crippen LogP contribution is 2.51. The van der Waals surface area contributed by atoms with Gasteiger partial charge in [0, 0.05) is 24.5 Å².